The first kappa shape index (κ1) is 9.92. The van der Waals surface area contributed by atoms with Gasteiger partial charge in [0.2, 0.25) is 0 Å². The van der Waals surface area contributed by atoms with E-state index >= 15 is 0 Å². The minimum absolute atomic E-state index is 0.00329. The van der Waals surface area contributed by atoms with Gasteiger partial charge in [-0.1, -0.05) is 0 Å². The van der Waals surface area contributed by atoms with E-state index < -0.39 is 5.79 Å². The highest BCUT2D eigenvalue weighted by Crippen LogP contribution is 2.28. The molecule has 0 spiro atoms. The van der Waals surface area contributed by atoms with Crippen molar-refractivity contribution in [1.82, 2.24) is 0 Å². The van der Waals surface area contributed by atoms with Crippen molar-refractivity contribution in [3.63, 3.8) is 0 Å². The first-order valence-electron chi connectivity index (χ1n) is 4.35. The van der Waals surface area contributed by atoms with Crippen molar-refractivity contribution < 1.29 is 9.47 Å². The minimum Gasteiger partial charge on any atom is -0.344 e. The highest BCUT2D eigenvalue weighted by Gasteiger charge is 2.39. The Hall–Kier alpha value is -0.160. The van der Waals surface area contributed by atoms with Crippen LogP contribution < -0.4 is 11.5 Å². The Labute approximate surface area is 73.2 Å². The molecule has 0 saturated carbocycles. The SMILES string of the molecule is CC1(C)OC(CN)C(CCN)O1. The van der Waals surface area contributed by atoms with Gasteiger partial charge in [-0.3, -0.25) is 0 Å². The quantitative estimate of drug-likeness (QED) is 0.622. The fourth-order valence-electron chi connectivity index (χ4n) is 1.52. The third-order valence-corrected chi connectivity index (χ3v) is 1.97. The van der Waals surface area contributed by atoms with Gasteiger partial charge in [-0.2, -0.15) is 0 Å². The molecular weight excluding hydrogens is 156 g/mol. The molecule has 1 aliphatic heterocycles. The molecule has 1 heterocycles. The minimum atomic E-state index is -0.496. The third-order valence-electron chi connectivity index (χ3n) is 1.97. The molecule has 4 heteroatoms. The molecule has 0 aliphatic carbocycles. The van der Waals surface area contributed by atoms with Gasteiger partial charge in [-0.25, -0.2) is 0 Å². The van der Waals surface area contributed by atoms with Crippen molar-refractivity contribution in [3.8, 4) is 0 Å². The van der Waals surface area contributed by atoms with Crippen molar-refractivity contribution >= 4 is 0 Å². The normalized spacial score (nSPS) is 34.0. The maximum absolute atomic E-state index is 5.61. The van der Waals surface area contributed by atoms with Crippen molar-refractivity contribution in [2.24, 2.45) is 11.5 Å². The van der Waals surface area contributed by atoms with Gasteiger partial charge in [0.15, 0.2) is 5.79 Å². The monoisotopic (exact) mass is 174 g/mol. The maximum atomic E-state index is 5.61. The molecule has 0 aromatic heterocycles. The van der Waals surface area contributed by atoms with E-state index in [9.17, 15) is 0 Å². The predicted octanol–water partition coefficient (Wildman–Crippen LogP) is -0.186. The lowest BCUT2D eigenvalue weighted by atomic mass is 10.1. The summed E-state index contributed by atoms with van der Waals surface area (Å²) in [5.74, 6) is -0.496. The molecule has 4 N–H and O–H groups in total. The first-order valence-corrected chi connectivity index (χ1v) is 4.35. The van der Waals surface area contributed by atoms with E-state index in [1.54, 1.807) is 0 Å². The Morgan fingerprint density at radius 3 is 2.25 bits per heavy atom. The van der Waals surface area contributed by atoms with Crippen LogP contribution in [0.5, 0.6) is 0 Å². The Kier molecular flexibility index (Phi) is 3.06. The second kappa shape index (κ2) is 3.70. The van der Waals surface area contributed by atoms with Crippen LogP contribution >= 0.6 is 0 Å². The summed E-state index contributed by atoms with van der Waals surface area (Å²) in [5.41, 5.74) is 11.0. The van der Waals surface area contributed by atoms with Gasteiger partial charge in [0, 0.05) is 6.54 Å². The summed E-state index contributed by atoms with van der Waals surface area (Å²) < 4.78 is 11.2. The van der Waals surface area contributed by atoms with Crippen LogP contribution in [-0.2, 0) is 9.47 Å². The standard InChI is InChI=1S/C8H18N2O2/c1-8(2)11-6(3-4-9)7(5-10)12-8/h6-7H,3-5,9-10H2,1-2H3. The zero-order valence-electron chi connectivity index (χ0n) is 7.75. The van der Waals surface area contributed by atoms with E-state index in [0.29, 0.717) is 13.1 Å². The summed E-state index contributed by atoms with van der Waals surface area (Å²) in [7, 11) is 0. The summed E-state index contributed by atoms with van der Waals surface area (Å²) in [4.78, 5) is 0. The van der Waals surface area contributed by atoms with Crippen LogP contribution in [0.1, 0.15) is 20.3 Å². The lowest BCUT2D eigenvalue weighted by Gasteiger charge is -2.16. The molecule has 4 nitrogen and oxygen atoms in total. The Bertz CT molecular complexity index is 150. The molecule has 0 bridgehead atoms. The molecule has 0 amide bonds. The molecule has 0 aromatic rings. The molecule has 72 valence electrons. The molecular formula is C8H18N2O2. The van der Waals surface area contributed by atoms with Crippen LogP contribution in [0.25, 0.3) is 0 Å². The van der Waals surface area contributed by atoms with E-state index in [2.05, 4.69) is 0 Å². The number of rotatable bonds is 3. The zero-order valence-corrected chi connectivity index (χ0v) is 7.75. The second-order valence-corrected chi connectivity index (χ2v) is 3.53. The van der Waals surface area contributed by atoms with Crippen molar-refractivity contribution in [2.45, 2.75) is 38.3 Å². The lowest BCUT2D eigenvalue weighted by Crippen LogP contribution is -2.32. The Morgan fingerprint density at radius 1 is 1.17 bits per heavy atom. The summed E-state index contributed by atoms with van der Waals surface area (Å²) >= 11 is 0. The number of ether oxygens (including phenoxy) is 2. The van der Waals surface area contributed by atoms with Crippen LogP contribution in [0.4, 0.5) is 0 Å². The molecule has 0 radical (unpaired) electrons. The van der Waals surface area contributed by atoms with Gasteiger partial charge in [-0.05, 0) is 26.8 Å². The largest absolute Gasteiger partial charge is 0.344 e. The van der Waals surface area contributed by atoms with Gasteiger partial charge in [0.05, 0.1) is 12.2 Å². The van der Waals surface area contributed by atoms with E-state index in [4.69, 9.17) is 20.9 Å². The van der Waals surface area contributed by atoms with Crippen LogP contribution in [-0.4, -0.2) is 31.1 Å². The van der Waals surface area contributed by atoms with Crippen molar-refractivity contribution in [1.29, 1.82) is 0 Å². The fraction of sp³-hybridized carbons (Fsp3) is 1.00. The smallest absolute Gasteiger partial charge is 0.163 e. The van der Waals surface area contributed by atoms with Gasteiger partial charge >= 0.3 is 0 Å². The van der Waals surface area contributed by atoms with Crippen LogP contribution in [0.2, 0.25) is 0 Å². The molecule has 2 atom stereocenters. The van der Waals surface area contributed by atoms with E-state index in [1.807, 2.05) is 13.8 Å². The maximum Gasteiger partial charge on any atom is 0.163 e. The topological polar surface area (TPSA) is 70.5 Å². The van der Waals surface area contributed by atoms with Gasteiger partial charge < -0.3 is 20.9 Å². The Morgan fingerprint density at radius 2 is 1.75 bits per heavy atom. The number of hydrogen-bond donors (Lipinski definition) is 2. The Balaban J connectivity index is 2.50. The molecule has 2 unspecified atom stereocenters. The van der Waals surface area contributed by atoms with E-state index in [-0.39, 0.29) is 12.2 Å². The molecule has 12 heavy (non-hydrogen) atoms. The molecule has 1 saturated heterocycles. The van der Waals surface area contributed by atoms with Crippen LogP contribution in [0, 0.1) is 0 Å². The highest BCUT2D eigenvalue weighted by atomic mass is 16.7. The summed E-state index contributed by atoms with van der Waals surface area (Å²) in [6, 6.07) is 0. The molecule has 1 rings (SSSR count). The zero-order chi connectivity index (χ0) is 9.19. The van der Waals surface area contributed by atoms with Gasteiger partial charge in [-0.15, -0.1) is 0 Å². The molecule has 1 aliphatic rings. The summed E-state index contributed by atoms with van der Waals surface area (Å²) in [5, 5.41) is 0. The third kappa shape index (κ3) is 2.17. The molecule has 1 fully saturated rings. The summed E-state index contributed by atoms with van der Waals surface area (Å²) in [6.07, 6.45) is 0.879. The average molecular weight is 174 g/mol. The van der Waals surface area contributed by atoms with E-state index in [1.165, 1.54) is 0 Å². The molecule has 0 aromatic carbocycles. The van der Waals surface area contributed by atoms with Crippen molar-refractivity contribution in [3.05, 3.63) is 0 Å². The lowest BCUT2D eigenvalue weighted by molar-refractivity contribution is -0.145. The second-order valence-electron chi connectivity index (χ2n) is 3.53. The number of nitrogens with two attached hydrogens (primary N) is 2. The predicted molar refractivity (Wildman–Crippen MR) is 46.6 cm³/mol. The first-order chi connectivity index (χ1) is 5.59. The summed E-state index contributed by atoms with van der Waals surface area (Å²) in [6.45, 7) is 4.90. The van der Waals surface area contributed by atoms with Gasteiger partial charge in [0.1, 0.15) is 0 Å². The van der Waals surface area contributed by atoms with Crippen LogP contribution in [0.15, 0.2) is 0 Å². The average Bonchev–Trinajstić information content (AvgIpc) is 2.26. The van der Waals surface area contributed by atoms with Crippen molar-refractivity contribution in [2.75, 3.05) is 13.1 Å². The van der Waals surface area contributed by atoms with Gasteiger partial charge in [0.25, 0.3) is 0 Å². The highest BCUT2D eigenvalue weighted by molar-refractivity contribution is 4.81. The van der Waals surface area contributed by atoms with Crippen LogP contribution in [0.3, 0.4) is 0 Å². The number of hydrogen-bond acceptors (Lipinski definition) is 4. The fourth-order valence-corrected chi connectivity index (χ4v) is 1.52. The van der Waals surface area contributed by atoms with E-state index in [0.717, 1.165) is 6.42 Å².